The number of benzene rings is 6. The molecule has 51 heavy (non-hydrogen) atoms. The largest absolute Gasteiger partial charge is 0.497 e. The molecule has 0 unspecified atom stereocenters. The highest BCUT2D eigenvalue weighted by Crippen LogP contribution is 2.74. The Labute approximate surface area is 295 Å². The van der Waals surface area contributed by atoms with Crippen molar-refractivity contribution >= 4 is 45.2 Å². The third kappa shape index (κ3) is 3.96. The summed E-state index contributed by atoms with van der Waals surface area (Å²) in [4.78, 5) is 48.4. The van der Waals surface area contributed by atoms with Crippen LogP contribution < -0.4 is 14.4 Å². The van der Waals surface area contributed by atoms with Crippen LogP contribution in [-0.2, 0) is 25.2 Å². The number of fused-ring (bicyclic) bond motifs is 6. The molecule has 4 atom stereocenters. The highest BCUT2D eigenvalue weighted by molar-refractivity contribution is 6.39. The molecular weight excluding hydrogens is 634 g/mol. The van der Waals surface area contributed by atoms with Crippen LogP contribution in [0, 0.1) is 11.8 Å². The molecule has 1 heterocycles. The molecule has 2 bridgehead atoms. The minimum Gasteiger partial charge on any atom is -0.497 e. The maximum atomic E-state index is 16.2. The maximum Gasteiger partial charge on any atom is 0.239 e. The van der Waals surface area contributed by atoms with Crippen LogP contribution in [0.25, 0.3) is 21.9 Å². The number of imide groups is 1. The minimum absolute atomic E-state index is 0.168. The molecule has 6 aromatic rings. The van der Waals surface area contributed by atoms with E-state index >= 15 is 14.4 Å². The summed E-state index contributed by atoms with van der Waals surface area (Å²) in [5.41, 5.74) is 1.87. The fourth-order valence-electron chi connectivity index (χ4n) is 9.28. The molecule has 6 aromatic carbocycles. The van der Waals surface area contributed by atoms with Crippen LogP contribution in [0.4, 0.5) is 5.69 Å². The normalized spacial score (nSPS) is 23.6. The van der Waals surface area contributed by atoms with Crippen molar-refractivity contribution in [2.45, 2.75) is 10.8 Å². The number of carbonyl (C=O) groups is 3. The van der Waals surface area contributed by atoms with E-state index in [0.29, 0.717) is 28.3 Å². The topological polar surface area (TPSA) is 72.9 Å². The molecule has 2 amide bonds. The predicted molar refractivity (Wildman–Crippen MR) is 197 cm³/mol. The van der Waals surface area contributed by atoms with Crippen molar-refractivity contribution in [3.05, 3.63) is 174 Å². The first-order valence-electron chi connectivity index (χ1n) is 17.0. The average Bonchev–Trinajstić information content (AvgIpc) is 3.70. The zero-order valence-electron chi connectivity index (χ0n) is 28.1. The number of carbonyl (C=O) groups excluding carboxylic acids is 3. The number of rotatable bonds is 7. The van der Waals surface area contributed by atoms with Crippen LogP contribution in [0.15, 0.2) is 152 Å². The number of anilines is 1. The number of allylic oxidation sites excluding steroid dienone is 2. The van der Waals surface area contributed by atoms with Gasteiger partial charge >= 0.3 is 0 Å². The lowest BCUT2D eigenvalue weighted by molar-refractivity contribution is -0.130. The second kappa shape index (κ2) is 11.4. The van der Waals surface area contributed by atoms with Gasteiger partial charge in [0.15, 0.2) is 5.78 Å². The summed E-state index contributed by atoms with van der Waals surface area (Å²) in [6, 6.07) is 47.8. The smallest absolute Gasteiger partial charge is 0.239 e. The van der Waals surface area contributed by atoms with Crippen molar-refractivity contribution in [2.24, 2.45) is 11.8 Å². The third-order valence-corrected chi connectivity index (χ3v) is 11.2. The fourth-order valence-corrected chi connectivity index (χ4v) is 9.28. The Morgan fingerprint density at radius 2 is 0.922 bits per heavy atom. The van der Waals surface area contributed by atoms with Gasteiger partial charge in [-0.15, -0.1) is 0 Å². The lowest BCUT2D eigenvalue weighted by Gasteiger charge is -2.39. The summed E-state index contributed by atoms with van der Waals surface area (Å²) in [6.07, 6.45) is 0. The molecule has 1 aliphatic heterocycles. The van der Waals surface area contributed by atoms with Crippen LogP contribution in [0.2, 0.25) is 0 Å². The zero-order valence-corrected chi connectivity index (χ0v) is 28.1. The molecule has 2 aliphatic carbocycles. The van der Waals surface area contributed by atoms with E-state index in [0.717, 1.165) is 33.0 Å². The predicted octanol–water partition coefficient (Wildman–Crippen LogP) is 8.05. The van der Waals surface area contributed by atoms with E-state index in [-0.39, 0.29) is 17.6 Å². The Kier molecular flexibility index (Phi) is 6.87. The van der Waals surface area contributed by atoms with Crippen LogP contribution in [-0.4, -0.2) is 31.8 Å². The Morgan fingerprint density at radius 3 is 1.39 bits per heavy atom. The molecule has 3 aliphatic rings. The number of hydrogen-bond acceptors (Lipinski definition) is 5. The molecule has 248 valence electrons. The van der Waals surface area contributed by atoms with E-state index in [9.17, 15) is 0 Å². The molecule has 0 N–H and O–H groups in total. The first-order chi connectivity index (χ1) is 25.0. The van der Waals surface area contributed by atoms with Gasteiger partial charge in [0.05, 0.1) is 42.6 Å². The number of hydrogen-bond donors (Lipinski definition) is 0. The van der Waals surface area contributed by atoms with Crippen molar-refractivity contribution in [1.29, 1.82) is 0 Å². The summed E-state index contributed by atoms with van der Waals surface area (Å²) >= 11 is 0. The minimum atomic E-state index is -1.50. The standard InChI is InChI=1S/C45H33NO5/c1-50-33-24-20-29(21-25-33)37-38(30-22-26-34(51-2)27-23-30)45(32-16-7-4-8-17-32)40-39(44(37,43(45)49)31-14-5-3-6-15-31)41(47)46(42(40)48)36-19-11-13-28-12-9-10-18-35(28)36/h3-27,39-40H,1-2H3/t39-,40-,44-,45-/m1/s1. The Morgan fingerprint density at radius 1 is 0.490 bits per heavy atom. The Hall–Kier alpha value is -6.27. The van der Waals surface area contributed by atoms with Gasteiger partial charge in [-0.3, -0.25) is 14.4 Å². The van der Waals surface area contributed by atoms with E-state index in [4.69, 9.17) is 9.47 Å². The van der Waals surface area contributed by atoms with Crippen molar-refractivity contribution in [3.63, 3.8) is 0 Å². The molecule has 0 radical (unpaired) electrons. The Balaban J connectivity index is 1.44. The van der Waals surface area contributed by atoms with E-state index < -0.39 is 22.7 Å². The fraction of sp³-hybridized carbons (Fsp3) is 0.133. The van der Waals surface area contributed by atoms with Crippen LogP contribution in [0.3, 0.4) is 0 Å². The molecule has 0 spiro atoms. The second-order valence-corrected chi connectivity index (χ2v) is 13.3. The molecule has 6 nitrogen and oxygen atoms in total. The van der Waals surface area contributed by atoms with Gasteiger partial charge in [0, 0.05) is 5.39 Å². The Bertz CT molecular complexity index is 2270. The lowest BCUT2D eigenvalue weighted by Crippen LogP contribution is -2.45. The van der Waals surface area contributed by atoms with Crippen LogP contribution in [0.1, 0.15) is 22.3 Å². The van der Waals surface area contributed by atoms with Gasteiger partial charge in [0.25, 0.3) is 0 Å². The number of ether oxygens (including phenoxy) is 2. The number of Topliss-reactive ketones (excluding diaryl/α,β-unsaturated/α-hetero) is 1. The van der Waals surface area contributed by atoms with Crippen molar-refractivity contribution in [2.75, 3.05) is 19.1 Å². The van der Waals surface area contributed by atoms with Gasteiger partial charge in [-0.1, -0.05) is 121 Å². The van der Waals surface area contributed by atoms with Crippen molar-refractivity contribution in [3.8, 4) is 11.5 Å². The molecule has 9 rings (SSSR count). The average molecular weight is 668 g/mol. The number of ketones is 1. The van der Waals surface area contributed by atoms with Gasteiger partial charge in [0.1, 0.15) is 11.5 Å². The van der Waals surface area contributed by atoms with Gasteiger partial charge in [0.2, 0.25) is 11.8 Å². The van der Waals surface area contributed by atoms with Crippen LogP contribution in [0.5, 0.6) is 11.5 Å². The second-order valence-electron chi connectivity index (χ2n) is 13.3. The highest BCUT2D eigenvalue weighted by atomic mass is 16.5. The van der Waals surface area contributed by atoms with Gasteiger partial charge in [-0.2, -0.15) is 0 Å². The highest BCUT2D eigenvalue weighted by Gasteiger charge is 2.82. The molecule has 1 saturated heterocycles. The molecule has 6 heteroatoms. The van der Waals surface area contributed by atoms with Crippen LogP contribution >= 0.6 is 0 Å². The molecular formula is C45H33NO5. The quantitative estimate of drug-likeness (QED) is 0.161. The van der Waals surface area contributed by atoms with Crippen molar-refractivity contribution in [1.82, 2.24) is 0 Å². The maximum absolute atomic E-state index is 16.2. The summed E-state index contributed by atoms with van der Waals surface area (Å²) in [7, 11) is 3.23. The zero-order chi connectivity index (χ0) is 34.9. The summed E-state index contributed by atoms with van der Waals surface area (Å²) in [5, 5.41) is 1.71. The number of amides is 2. The van der Waals surface area contributed by atoms with Gasteiger partial charge < -0.3 is 9.47 Å². The first-order valence-corrected chi connectivity index (χ1v) is 17.0. The first kappa shape index (κ1) is 30.8. The van der Waals surface area contributed by atoms with E-state index in [1.165, 1.54) is 4.90 Å². The van der Waals surface area contributed by atoms with E-state index in [2.05, 4.69) is 0 Å². The SMILES string of the molecule is COc1ccc(C2=C(c3ccc(OC)cc3)[C@@]3(c4ccccc4)C(=O)[C@@]2(c2ccccc2)[C@H]2C(=O)N(c4cccc5ccccc45)C(=O)[C@@H]23)cc1. The van der Waals surface area contributed by atoms with Gasteiger partial charge in [-0.05, 0) is 69.1 Å². The summed E-state index contributed by atoms with van der Waals surface area (Å²) in [5.74, 6) is -1.63. The van der Waals surface area contributed by atoms with E-state index in [1.54, 1.807) is 14.2 Å². The molecule has 1 saturated carbocycles. The third-order valence-electron chi connectivity index (χ3n) is 11.2. The van der Waals surface area contributed by atoms with Crippen molar-refractivity contribution < 1.29 is 23.9 Å². The summed E-state index contributed by atoms with van der Waals surface area (Å²) in [6.45, 7) is 0. The lowest BCUT2D eigenvalue weighted by atomic mass is 9.59. The summed E-state index contributed by atoms with van der Waals surface area (Å²) < 4.78 is 11.1. The van der Waals surface area contributed by atoms with E-state index in [1.807, 2.05) is 152 Å². The number of methoxy groups -OCH3 is 2. The van der Waals surface area contributed by atoms with Gasteiger partial charge in [-0.25, -0.2) is 4.90 Å². The monoisotopic (exact) mass is 667 g/mol. The number of nitrogens with zero attached hydrogens (tertiary/aromatic N) is 1. The molecule has 0 aromatic heterocycles. The molecule has 2 fully saturated rings.